The summed E-state index contributed by atoms with van der Waals surface area (Å²) in [6, 6.07) is 9.68. The lowest BCUT2D eigenvalue weighted by molar-refractivity contribution is 0.252. The van der Waals surface area contributed by atoms with Crippen molar-refractivity contribution in [2.45, 2.75) is 39.0 Å². The molecule has 3 N–H and O–H groups in total. The number of urea groups is 1. The van der Waals surface area contributed by atoms with Gasteiger partial charge >= 0.3 is 6.03 Å². The minimum absolute atomic E-state index is 0.210. The second kappa shape index (κ2) is 7.61. The maximum atomic E-state index is 12.4. The molecule has 0 aliphatic heterocycles. The third-order valence-electron chi connectivity index (χ3n) is 4.84. The fourth-order valence-corrected chi connectivity index (χ4v) is 3.43. The van der Waals surface area contributed by atoms with Gasteiger partial charge < -0.3 is 5.32 Å². The first kappa shape index (κ1) is 17.3. The van der Waals surface area contributed by atoms with E-state index in [0.29, 0.717) is 6.54 Å². The molecule has 1 aliphatic carbocycles. The molecule has 2 aromatic heterocycles. The molecule has 140 valence electrons. The number of para-hydroxylation sites is 1. The number of hydrogen-bond acceptors (Lipinski definition) is 4. The zero-order chi connectivity index (χ0) is 18.6. The van der Waals surface area contributed by atoms with E-state index >= 15 is 0 Å². The van der Waals surface area contributed by atoms with E-state index in [1.807, 2.05) is 41.9 Å². The van der Waals surface area contributed by atoms with E-state index < -0.39 is 0 Å². The van der Waals surface area contributed by atoms with Gasteiger partial charge in [0.15, 0.2) is 0 Å². The molecule has 1 aliphatic rings. The summed E-state index contributed by atoms with van der Waals surface area (Å²) in [4.78, 5) is 12.4. The summed E-state index contributed by atoms with van der Waals surface area (Å²) >= 11 is 0. The normalized spacial score (nSPS) is 12.8. The molecule has 2 heterocycles. The van der Waals surface area contributed by atoms with E-state index in [0.717, 1.165) is 66.3 Å². The van der Waals surface area contributed by atoms with Crippen molar-refractivity contribution in [3.8, 4) is 5.69 Å². The molecule has 8 nitrogen and oxygen atoms in total. The monoisotopic (exact) mass is 365 g/mol. The number of H-pyrrole nitrogens is 1. The average molecular weight is 365 g/mol. The van der Waals surface area contributed by atoms with E-state index in [2.05, 4.69) is 26.0 Å². The van der Waals surface area contributed by atoms with Crippen LogP contribution >= 0.6 is 0 Å². The number of rotatable bonds is 6. The number of fused-ring (bicyclic) bond motifs is 1. The Morgan fingerprint density at radius 2 is 2.07 bits per heavy atom. The highest BCUT2D eigenvalue weighted by Crippen LogP contribution is 2.30. The first-order chi connectivity index (χ1) is 13.2. The van der Waals surface area contributed by atoms with E-state index in [4.69, 9.17) is 5.10 Å². The molecule has 27 heavy (non-hydrogen) atoms. The molecule has 4 rings (SSSR count). The van der Waals surface area contributed by atoms with Crippen molar-refractivity contribution in [1.82, 2.24) is 30.5 Å². The maximum Gasteiger partial charge on any atom is 0.320 e. The quantitative estimate of drug-likeness (QED) is 0.584. The zero-order valence-electron chi connectivity index (χ0n) is 15.3. The Morgan fingerprint density at radius 1 is 1.22 bits per heavy atom. The largest absolute Gasteiger partial charge is 0.338 e. The van der Waals surface area contributed by atoms with Gasteiger partial charge in [-0.2, -0.15) is 20.5 Å². The van der Waals surface area contributed by atoms with Gasteiger partial charge in [0.05, 0.1) is 22.8 Å². The summed E-state index contributed by atoms with van der Waals surface area (Å²) in [6.45, 7) is 2.49. The molecule has 0 atom stereocenters. The average Bonchev–Trinajstić information content (AvgIpc) is 3.37. The van der Waals surface area contributed by atoms with Crippen LogP contribution in [0.5, 0.6) is 0 Å². The first-order valence-electron chi connectivity index (χ1n) is 9.29. The summed E-state index contributed by atoms with van der Waals surface area (Å²) < 4.78 is 1.84. The first-order valence-corrected chi connectivity index (χ1v) is 9.29. The molecule has 0 unspecified atom stereocenters. The molecule has 0 radical (unpaired) electrons. The van der Waals surface area contributed by atoms with Gasteiger partial charge in [0.1, 0.15) is 5.82 Å². The van der Waals surface area contributed by atoms with E-state index in [9.17, 15) is 4.79 Å². The third-order valence-corrected chi connectivity index (χ3v) is 4.84. The summed E-state index contributed by atoms with van der Waals surface area (Å²) in [6.07, 6.45) is 4.57. The Labute approximate surface area is 157 Å². The van der Waals surface area contributed by atoms with Crippen LogP contribution in [0, 0.1) is 6.92 Å². The van der Waals surface area contributed by atoms with Gasteiger partial charge in [-0.15, -0.1) is 0 Å². The summed E-state index contributed by atoms with van der Waals surface area (Å²) in [5.41, 5.74) is 5.02. The molecule has 0 saturated carbocycles. The molecule has 1 aromatic carbocycles. The van der Waals surface area contributed by atoms with Crippen molar-refractivity contribution >= 4 is 11.8 Å². The lowest BCUT2D eigenvalue weighted by Gasteiger charge is -2.12. The minimum Gasteiger partial charge on any atom is -0.338 e. The number of nitrogens with zero attached hydrogens (tertiary/aromatic N) is 4. The molecule has 8 heteroatoms. The summed E-state index contributed by atoms with van der Waals surface area (Å²) in [5.74, 6) is 0.776. The Balaban J connectivity index is 1.40. The lowest BCUT2D eigenvalue weighted by Crippen LogP contribution is -2.31. The van der Waals surface area contributed by atoms with E-state index in [1.54, 1.807) is 0 Å². The van der Waals surface area contributed by atoms with Crippen molar-refractivity contribution in [2.24, 2.45) is 0 Å². The van der Waals surface area contributed by atoms with Crippen LogP contribution in [0.3, 0.4) is 0 Å². The SMILES string of the molecule is Cc1n[nH]nc1CCCNC(=O)Nc1c2c(nn1-c1ccccc1)CCC2. The number of carbonyl (C=O) groups excluding carboxylic acids is 1. The topological polar surface area (TPSA) is 101 Å². The van der Waals surface area contributed by atoms with Gasteiger partial charge in [0.2, 0.25) is 0 Å². The summed E-state index contributed by atoms with van der Waals surface area (Å²) in [5, 5.41) is 21.4. The van der Waals surface area contributed by atoms with Crippen LogP contribution in [0.15, 0.2) is 30.3 Å². The zero-order valence-corrected chi connectivity index (χ0v) is 15.3. The van der Waals surface area contributed by atoms with Gasteiger partial charge in [0.25, 0.3) is 0 Å². The second-order valence-corrected chi connectivity index (χ2v) is 6.71. The number of aromatic amines is 1. The van der Waals surface area contributed by atoms with Gasteiger partial charge in [-0.25, -0.2) is 9.48 Å². The van der Waals surface area contributed by atoms with Gasteiger partial charge in [0, 0.05) is 12.1 Å². The fraction of sp³-hybridized carbons (Fsp3) is 0.368. The number of aromatic nitrogens is 5. The van der Waals surface area contributed by atoms with Crippen LogP contribution in [-0.4, -0.2) is 37.8 Å². The predicted octanol–water partition coefficient (Wildman–Crippen LogP) is 2.54. The Kier molecular flexibility index (Phi) is 4.86. The van der Waals surface area contributed by atoms with Crippen LogP contribution in [0.2, 0.25) is 0 Å². The van der Waals surface area contributed by atoms with E-state index in [1.165, 1.54) is 0 Å². The van der Waals surface area contributed by atoms with Crippen LogP contribution in [0.4, 0.5) is 10.6 Å². The Morgan fingerprint density at radius 3 is 2.85 bits per heavy atom. The minimum atomic E-state index is -0.210. The standard InChI is InChI=1S/C19H23N7O/c1-13-16(23-25-22-13)11-6-12-20-19(27)21-18-15-9-5-10-17(15)24-26(18)14-7-3-2-4-8-14/h2-4,7-8H,5-6,9-12H2,1H3,(H2,20,21,27)(H,22,23,25). The smallest absolute Gasteiger partial charge is 0.320 e. The van der Waals surface area contributed by atoms with Gasteiger partial charge in [-0.3, -0.25) is 5.32 Å². The molecule has 0 spiro atoms. The van der Waals surface area contributed by atoms with Crippen LogP contribution < -0.4 is 10.6 Å². The highest BCUT2D eigenvalue weighted by atomic mass is 16.2. The van der Waals surface area contributed by atoms with Crippen molar-refractivity contribution in [3.05, 3.63) is 53.0 Å². The van der Waals surface area contributed by atoms with Gasteiger partial charge in [-0.05, 0) is 51.2 Å². The van der Waals surface area contributed by atoms with E-state index in [-0.39, 0.29) is 6.03 Å². The van der Waals surface area contributed by atoms with Gasteiger partial charge in [-0.1, -0.05) is 18.2 Å². The lowest BCUT2D eigenvalue weighted by atomic mass is 10.2. The number of aryl methyl sites for hydroxylation is 3. The predicted molar refractivity (Wildman–Crippen MR) is 102 cm³/mol. The molecule has 2 amide bonds. The van der Waals surface area contributed by atoms with Crippen LogP contribution in [0.1, 0.15) is 35.5 Å². The number of anilines is 1. The summed E-state index contributed by atoms with van der Waals surface area (Å²) in [7, 11) is 0. The number of hydrogen-bond donors (Lipinski definition) is 3. The number of carbonyl (C=O) groups is 1. The van der Waals surface area contributed by atoms with Crippen molar-refractivity contribution in [2.75, 3.05) is 11.9 Å². The maximum absolute atomic E-state index is 12.4. The molecule has 0 bridgehead atoms. The van der Waals surface area contributed by atoms with Crippen LogP contribution in [-0.2, 0) is 19.3 Å². The second-order valence-electron chi connectivity index (χ2n) is 6.71. The third kappa shape index (κ3) is 3.69. The fourth-order valence-electron chi connectivity index (χ4n) is 3.43. The Bertz CT molecular complexity index is 929. The molecular weight excluding hydrogens is 342 g/mol. The highest BCUT2D eigenvalue weighted by Gasteiger charge is 2.24. The number of amides is 2. The number of benzene rings is 1. The van der Waals surface area contributed by atoms with Crippen LogP contribution in [0.25, 0.3) is 5.69 Å². The van der Waals surface area contributed by atoms with Crippen molar-refractivity contribution in [3.63, 3.8) is 0 Å². The molecular formula is C19H23N7O. The van der Waals surface area contributed by atoms with Crippen molar-refractivity contribution < 1.29 is 4.79 Å². The molecule has 3 aromatic rings. The molecule has 0 saturated heterocycles. The Hall–Kier alpha value is -3.16. The highest BCUT2D eigenvalue weighted by molar-refractivity contribution is 5.89. The van der Waals surface area contributed by atoms with Crippen molar-refractivity contribution in [1.29, 1.82) is 0 Å². The number of nitrogens with one attached hydrogen (secondary N) is 3. The molecule has 0 fully saturated rings.